The average molecular weight is 348 g/mol. The van der Waals surface area contributed by atoms with Gasteiger partial charge in [-0.25, -0.2) is 4.68 Å². The smallest absolute Gasteiger partial charge is 0.267 e. The fourth-order valence-electron chi connectivity index (χ4n) is 2.42. The normalized spacial score (nSPS) is 11.5. The van der Waals surface area contributed by atoms with Crippen molar-refractivity contribution in [2.75, 3.05) is 6.54 Å². The van der Waals surface area contributed by atoms with Crippen LogP contribution in [0.4, 0.5) is 0 Å². The van der Waals surface area contributed by atoms with Gasteiger partial charge in [-0.1, -0.05) is 0 Å². The van der Waals surface area contributed by atoms with Crippen molar-refractivity contribution >= 4 is 5.91 Å². The van der Waals surface area contributed by atoms with Crippen LogP contribution in [0.15, 0.2) is 64.0 Å². The van der Waals surface area contributed by atoms with Crippen LogP contribution < -0.4 is 10.9 Å². The van der Waals surface area contributed by atoms with Crippen LogP contribution in [0.2, 0.25) is 0 Å². The molecule has 1 atom stereocenters. The lowest BCUT2D eigenvalue weighted by Gasteiger charge is -2.15. The molecule has 1 aromatic carbocycles. The summed E-state index contributed by atoms with van der Waals surface area (Å²) in [4.78, 5) is 24.3. The largest absolute Gasteiger partial charge is 0.463 e. The standard InChI is InChI=1S/C19H16N4O3/c1-13(12-21-19(25)15-6-4-14(11-20)5-7-15)23-18(24)9-8-16(22-23)17-3-2-10-26-17/h2-10,13H,12H2,1H3,(H,21,25). The fourth-order valence-corrected chi connectivity index (χ4v) is 2.42. The van der Waals surface area contributed by atoms with Gasteiger partial charge in [0.05, 0.1) is 23.9 Å². The van der Waals surface area contributed by atoms with Crippen molar-refractivity contribution in [1.82, 2.24) is 15.1 Å². The van der Waals surface area contributed by atoms with Crippen LogP contribution in [-0.2, 0) is 0 Å². The molecule has 3 aromatic rings. The second-order valence-corrected chi connectivity index (χ2v) is 5.73. The number of nitrogens with one attached hydrogen (secondary N) is 1. The number of nitrogens with zero attached hydrogens (tertiary/aromatic N) is 3. The van der Waals surface area contributed by atoms with Crippen molar-refractivity contribution in [3.05, 3.63) is 76.3 Å². The molecule has 1 amide bonds. The van der Waals surface area contributed by atoms with Crippen molar-refractivity contribution in [1.29, 1.82) is 5.26 Å². The minimum absolute atomic E-state index is 0.230. The number of benzene rings is 1. The van der Waals surface area contributed by atoms with E-state index in [1.807, 2.05) is 6.07 Å². The molecule has 0 spiro atoms. The van der Waals surface area contributed by atoms with Gasteiger partial charge in [0.1, 0.15) is 5.69 Å². The predicted octanol–water partition coefficient (Wildman–Crippen LogP) is 2.37. The van der Waals surface area contributed by atoms with E-state index in [1.54, 1.807) is 49.4 Å². The van der Waals surface area contributed by atoms with Gasteiger partial charge in [0, 0.05) is 18.2 Å². The zero-order chi connectivity index (χ0) is 18.5. The molecule has 0 aliphatic rings. The Kier molecular flexibility index (Phi) is 4.94. The van der Waals surface area contributed by atoms with Crippen LogP contribution in [0.5, 0.6) is 0 Å². The summed E-state index contributed by atoms with van der Waals surface area (Å²) in [6.45, 7) is 2.02. The number of nitriles is 1. The number of hydrogen-bond donors (Lipinski definition) is 1. The van der Waals surface area contributed by atoms with Crippen LogP contribution in [-0.4, -0.2) is 22.2 Å². The molecule has 1 unspecified atom stereocenters. The lowest BCUT2D eigenvalue weighted by atomic mass is 10.1. The monoisotopic (exact) mass is 348 g/mol. The molecule has 0 aliphatic heterocycles. The van der Waals surface area contributed by atoms with Gasteiger partial charge in [-0.05, 0) is 49.4 Å². The lowest BCUT2D eigenvalue weighted by Crippen LogP contribution is -2.34. The number of aromatic nitrogens is 2. The van der Waals surface area contributed by atoms with Crippen molar-refractivity contribution in [3.8, 4) is 17.5 Å². The Hall–Kier alpha value is -3.66. The summed E-state index contributed by atoms with van der Waals surface area (Å²) in [6, 6.07) is 14.5. The maximum Gasteiger partial charge on any atom is 0.267 e. The van der Waals surface area contributed by atoms with Crippen LogP contribution in [0.1, 0.15) is 28.9 Å². The Balaban J connectivity index is 1.70. The third-order valence-corrected chi connectivity index (χ3v) is 3.85. The van der Waals surface area contributed by atoms with E-state index in [9.17, 15) is 9.59 Å². The number of carbonyl (C=O) groups excluding carboxylic acids is 1. The Bertz CT molecular complexity index is 999. The molecule has 1 N–H and O–H groups in total. The van der Waals surface area contributed by atoms with Crippen molar-refractivity contribution in [2.24, 2.45) is 0 Å². The number of hydrogen-bond acceptors (Lipinski definition) is 5. The van der Waals surface area contributed by atoms with E-state index in [1.165, 1.54) is 17.0 Å². The van der Waals surface area contributed by atoms with Gasteiger partial charge in [0.25, 0.3) is 11.5 Å². The first-order valence-electron chi connectivity index (χ1n) is 8.00. The average Bonchev–Trinajstić information content (AvgIpc) is 3.21. The van der Waals surface area contributed by atoms with E-state index >= 15 is 0 Å². The molecule has 26 heavy (non-hydrogen) atoms. The highest BCUT2D eigenvalue weighted by Crippen LogP contribution is 2.16. The van der Waals surface area contributed by atoms with E-state index < -0.39 is 0 Å². The van der Waals surface area contributed by atoms with Gasteiger partial charge >= 0.3 is 0 Å². The van der Waals surface area contributed by atoms with E-state index in [-0.39, 0.29) is 24.1 Å². The maximum absolute atomic E-state index is 12.2. The topological polar surface area (TPSA) is 101 Å². The Morgan fingerprint density at radius 2 is 2.04 bits per heavy atom. The van der Waals surface area contributed by atoms with Crippen molar-refractivity contribution in [2.45, 2.75) is 13.0 Å². The highest BCUT2D eigenvalue weighted by Gasteiger charge is 2.13. The molecule has 130 valence electrons. The summed E-state index contributed by atoms with van der Waals surface area (Å²) < 4.78 is 6.61. The van der Waals surface area contributed by atoms with Gasteiger partial charge in [-0.3, -0.25) is 9.59 Å². The minimum Gasteiger partial charge on any atom is -0.463 e. The van der Waals surface area contributed by atoms with Crippen LogP contribution in [0.25, 0.3) is 11.5 Å². The number of amides is 1. The first-order valence-corrected chi connectivity index (χ1v) is 8.00. The van der Waals surface area contributed by atoms with E-state index in [2.05, 4.69) is 10.4 Å². The fraction of sp³-hybridized carbons (Fsp3) is 0.158. The summed E-state index contributed by atoms with van der Waals surface area (Å²) >= 11 is 0. The molecule has 7 heteroatoms. The summed E-state index contributed by atoms with van der Waals surface area (Å²) in [5, 5.41) is 15.9. The van der Waals surface area contributed by atoms with Crippen molar-refractivity contribution in [3.63, 3.8) is 0 Å². The zero-order valence-corrected chi connectivity index (χ0v) is 14.0. The van der Waals surface area contributed by atoms with Crippen LogP contribution >= 0.6 is 0 Å². The van der Waals surface area contributed by atoms with Crippen molar-refractivity contribution < 1.29 is 9.21 Å². The number of furan rings is 1. The third kappa shape index (κ3) is 3.70. The molecular weight excluding hydrogens is 332 g/mol. The van der Waals surface area contributed by atoms with Gasteiger partial charge < -0.3 is 9.73 Å². The molecule has 7 nitrogen and oxygen atoms in total. The van der Waals surface area contributed by atoms with Gasteiger partial charge in [0.15, 0.2) is 5.76 Å². The number of carbonyl (C=O) groups is 1. The predicted molar refractivity (Wildman–Crippen MR) is 94.4 cm³/mol. The maximum atomic E-state index is 12.2. The summed E-state index contributed by atoms with van der Waals surface area (Å²) in [7, 11) is 0. The Morgan fingerprint density at radius 1 is 1.27 bits per heavy atom. The first kappa shape index (κ1) is 17.2. The molecule has 0 bridgehead atoms. The van der Waals surface area contributed by atoms with E-state index in [4.69, 9.17) is 9.68 Å². The molecule has 2 heterocycles. The molecule has 0 aliphatic carbocycles. The van der Waals surface area contributed by atoms with E-state index in [0.29, 0.717) is 22.6 Å². The minimum atomic E-state index is -0.347. The molecular formula is C19H16N4O3. The molecule has 0 radical (unpaired) electrons. The summed E-state index contributed by atoms with van der Waals surface area (Å²) in [5.74, 6) is 0.282. The van der Waals surface area contributed by atoms with Gasteiger partial charge in [0.2, 0.25) is 0 Å². The molecule has 2 aromatic heterocycles. The van der Waals surface area contributed by atoms with Gasteiger partial charge in [-0.15, -0.1) is 0 Å². The molecule has 0 fully saturated rings. The van der Waals surface area contributed by atoms with E-state index in [0.717, 1.165) is 0 Å². The molecule has 3 rings (SSSR count). The zero-order valence-electron chi connectivity index (χ0n) is 14.0. The van der Waals surface area contributed by atoms with Crippen LogP contribution in [0, 0.1) is 11.3 Å². The second-order valence-electron chi connectivity index (χ2n) is 5.73. The van der Waals surface area contributed by atoms with Gasteiger partial charge in [-0.2, -0.15) is 10.4 Å². The SMILES string of the molecule is CC(CNC(=O)c1ccc(C#N)cc1)n1nc(-c2ccco2)ccc1=O. The Morgan fingerprint density at radius 3 is 2.69 bits per heavy atom. The summed E-state index contributed by atoms with van der Waals surface area (Å²) in [5.41, 5.74) is 1.21. The van der Waals surface area contributed by atoms with Crippen LogP contribution in [0.3, 0.4) is 0 Å². The molecule has 0 saturated heterocycles. The quantitative estimate of drug-likeness (QED) is 0.763. The highest BCUT2D eigenvalue weighted by molar-refractivity contribution is 5.94. The first-order chi connectivity index (χ1) is 12.6. The lowest BCUT2D eigenvalue weighted by molar-refractivity contribution is 0.0947. The Labute approximate surface area is 149 Å². The highest BCUT2D eigenvalue weighted by atomic mass is 16.3. The summed E-state index contributed by atoms with van der Waals surface area (Å²) in [6.07, 6.45) is 1.54. The number of rotatable bonds is 5. The second kappa shape index (κ2) is 7.49. The molecule has 0 saturated carbocycles. The third-order valence-electron chi connectivity index (χ3n) is 3.85.